The Morgan fingerprint density at radius 2 is 1.61 bits per heavy atom. The predicted molar refractivity (Wildman–Crippen MR) is 214 cm³/mol. The number of aliphatic hydroxyl groups excluding tert-OH is 1. The molecule has 61 heavy (non-hydrogen) atoms. The molecule has 1 aliphatic rings. The van der Waals surface area contributed by atoms with Crippen molar-refractivity contribution in [3.05, 3.63) is 124 Å². The monoisotopic (exact) mass is 853 g/mol. The number of anilines is 2. The highest BCUT2D eigenvalue weighted by atomic mass is 19.4. The molecule has 2 amide bonds. The number of piperidine rings is 1. The third kappa shape index (κ3) is 12.8. The summed E-state index contributed by atoms with van der Waals surface area (Å²) >= 11 is 0. The minimum Gasteiger partial charge on any atom is -0.542 e. The molecular formula is C43H44F5N5O8. The van der Waals surface area contributed by atoms with Crippen molar-refractivity contribution in [3.63, 3.8) is 0 Å². The van der Waals surface area contributed by atoms with Crippen LogP contribution in [0.1, 0.15) is 42.1 Å². The second kappa shape index (κ2) is 19.8. The Kier molecular flexibility index (Phi) is 14.8. The van der Waals surface area contributed by atoms with Gasteiger partial charge in [-0.3, -0.25) is 14.9 Å². The number of phenols is 1. The number of phenolic OH excluding ortho intramolecular Hbond substituents is 1. The average molecular weight is 854 g/mol. The maximum absolute atomic E-state index is 15.1. The molecule has 1 aromatic heterocycles. The lowest BCUT2D eigenvalue weighted by Gasteiger charge is -2.36. The van der Waals surface area contributed by atoms with E-state index < -0.39 is 47.4 Å². The van der Waals surface area contributed by atoms with Crippen LogP contribution in [0.2, 0.25) is 0 Å². The van der Waals surface area contributed by atoms with Gasteiger partial charge in [-0.1, -0.05) is 42.5 Å². The van der Waals surface area contributed by atoms with Gasteiger partial charge in [0.1, 0.15) is 29.5 Å². The summed E-state index contributed by atoms with van der Waals surface area (Å²) in [7, 11) is 4.32. The fourth-order valence-electron chi connectivity index (χ4n) is 6.66. The Labute approximate surface area is 346 Å². The number of alkyl halides is 3. The molecule has 13 nitrogen and oxygen atoms in total. The van der Waals surface area contributed by atoms with E-state index in [9.17, 15) is 37.8 Å². The number of H-pyrrole nitrogens is 1. The first kappa shape index (κ1) is 45.7. The van der Waals surface area contributed by atoms with Crippen LogP contribution >= 0.6 is 0 Å². The number of aliphatic carboxylic acids is 1. The molecule has 5 aromatic rings. The van der Waals surface area contributed by atoms with Gasteiger partial charge in [0.2, 0.25) is 11.5 Å². The van der Waals surface area contributed by atoms with E-state index in [4.69, 9.17) is 14.6 Å². The zero-order chi connectivity index (χ0) is 44.5. The molecule has 2 heterocycles. The first-order valence-electron chi connectivity index (χ1n) is 19.1. The average Bonchev–Trinajstić information content (AvgIpc) is 3.20. The topological polar surface area (TPSA) is 193 Å². The maximum Gasteiger partial charge on any atom is 0.430 e. The molecule has 1 saturated heterocycles. The number of nitrogens with one attached hydrogen (secondary N) is 4. The standard InChI is InChI=1S/C41H43F2N5O6.C2HF3O2/c1-48(2)18-16-28(17-19-48)54-41(53)46-34-12-8-25(20-31(34)26-6-4-3-5-7-26)9-14-38(51)45-35-22-32(42)27(21-33(35)43)23-44-24-37(50)29-10-13-36(49)40-30(29)11-15-39(52)47-40;3-2(4,5)1(6)7/h3-8,10-13,15,20-22,28,37,44,50H,9,14,16-19,23-24H2,1-2H3,(H3-,45,46,47,49,51,52,53);(H,6,7)/t37-;/m0./s1. The van der Waals surface area contributed by atoms with Crippen LogP contribution in [0.3, 0.4) is 0 Å². The number of rotatable bonds is 12. The van der Waals surface area contributed by atoms with Crippen LogP contribution < -0.4 is 26.6 Å². The Bertz CT molecular complexity index is 2420. The summed E-state index contributed by atoms with van der Waals surface area (Å²) in [6.45, 7) is 1.70. The smallest absolute Gasteiger partial charge is 0.430 e. The number of carboxylic acids is 1. The Balaban J connectivity index is 0.000000925. The number of nitrogens with zero attached hydrogens (tertiary/aromatic N) is 1. The summed E-state index contributed by atoms with van der Waals surface area (Å²) < 4.78 is 68.3. The van der Waals surface area contributed by atoms with E-state index in [1.54, 1.807) is 12.1 Å². The van der Waals surface area contributed by atoms with Crippen molar-refractivity contribution in [1.82, 2.24) is 10.3 Å². The summed E-state index contributed by atoms with van der Waals surface area (Å²) in [6.07, 6.45) is -5.07. The van der Waals surface area contributed by atoms with Crippen molar-refractivity contribution in [2.24, 2.45) is 0 Å². The van der Waals surface area contributed by atoms with Gasteiger partial charge >= 0.3 is 12.3 Å². The number of fused-ring (bicyclic) bond motifs is 1. The fraction of sp³-hybridized carbons (Fsp3) is 0.302. The number of aromatic amines is 1. The van der Waals surface area contributed by atoms with Gasteiger partial charge in [0.15, 0.2) is 0 Å². The van der Waals surface area contributed by atoms with Crippen LogP contribution in [0, 0.1) is 11.6 Å². The lowest BCUT2D eigenvalue weighted by molar-refractivity contribution is -0.896. The normalized spacial score (nSPS) is 14.4. The highest BCUT2D eigenvalue weighted by Crippen LogP contribution is 2.31. The second-order valence-electron chi connectivity index (χ2n) is 15.0. The van der Waals surface area contributed by atoms with E-state index in [2.05, 4.69) is 35.0 Å². The number of amides is 2. The van der Waals surface area contributed by atoms with Gasteiger partial charge in [-0.25, -0.2) is 13.6 Å². The van der Waals surface area contributed by atoms with E-state index in [0.29, 0.717) is 23.1 Å². The number of carbonyl (C=O) groups is 3. The number of aromatic hydroxyl groups is 1. The molecule has 0 aliphatic carbocycles. The largest absolute Gasteiger partial charge is 0.542 e. The lowest BCUT2D eigenvalue weighted by atomic mass is 9.98. The van der Waals surface area contributed by atoms with Gasteiger partial charge in [-0.2, -0.15) is 13.2 Å². The number of ether oxygens (including phenoxy) is 1. The molecule has 324 valence electrons. The van der Waals surface area contributed by atoms with Crippen LogP contribution in [0.5, 0.6) is 5.75 Å². The molecule has 4 aromatic carbocycles. The van der Waals surface area contributed by atoms with E-state index in [0.717, 1.165) is 59.2 Å². The van der Waals surface area contributed by atoms with Gasteiger partial charge in [0, 0.05) is 61.0 Å². The third-order valence-corrected chi connectivity index (χ3v) is 9.99. The summed E-state index contributed by atoms with van der Waals surface area (Å²) in [5.74, 6) is -5.23. The van der Waals surface area contributed by atoms with Gasteiger partial charge in [-0.15, -0.1) is 0 Å². The number of hydrogen-bond acceptors (Lipinski definition) is 9. The van der Waals surface area contributed by atoms with Crippen molar-refractivity contribution in [1.29, 1.82) is 0 Å². The second-order valence-corrected chi connectivity index (χ2v) is 15.0. The van der Waals surface area contributed by atoms with Crippen molar-refractivity contribution in [3.8, 4) is 16.9 Å². The molecule has 6 rings (SSSR count). The van der Waals surface area contributed by atoms with Crippen LogP contribution in [-0.2, 0) is 27.3 Å². The van der Waals surface area contributed by atoms with Crippen molar-refractivity contribution < 1.29 is 60.9 Å². The molecule has 6 N–H and O–H groups in total. The molecule has 1 atom stereocenters. The summed E-state index contributed by atoms with van der Waals surface area (Å²) in [4.78, 5) is 48.8. The SMILES string of the molecule is C[N+]1(C)CCC(OC(=O)Nc2ccc(CCC(=O)Nc3cc(F)c(CNC[C@H](O)c4ccc(O)c5[nH]c(=O)ccc45)cc3F)cc2-c2ccccc2)CC1.O=C([O-])C(F)(F)F. The molecule has 0 radical (unpaired) electrons. The van der Waals surface area contributed by atoms with Crippen LogP contribution in [-0.4, -0.2) is 83.7 Å². The number of quaternary nitrogens is 1. The number of hydrogen-bond donors (Lipinski definition) is 6. The Morgan fingerprint density at radius 3 is 2.28 bits per heavy atom. The number of aryl methyl sites for hydroxylation is 1. The fourth-order valence-corrected chi connectivity index (χ4v) is 6.66. The summed E-state index contributed by atoms with van der Waals surface area (Å²) in [5.41, 5.74) is 2.89. The van der Waals surface area contributed by atoms with E-state index in [1.807, 2.05) is 36.4 Å². The predicted octanol–water partition coefficient (Wildman–Crippen LogP) is 5.66. The lowest BCUT2D eigenvalue weighted by Crippen LogP contribution is -2.48. The molecular weight excluding hydrogens is 809 g/mol. The first-order chi connectivity index (χ1) is 28.8. The number of aromatic nitrogens is 1. The number of aliphatic hydroxyl groups is 1. The van der Waals surface area contributed by atoms with Crippen molar-refractivity contribution in [2.45, 2.75) is 50.6 Å². The van der Waals surface area contributed by atoms with Crippen molar-refractivity contribution >= 4 is 40.2 Å². The highest BCUT2D eigenvalue weighted by molar-refractivity contribution is 5.93. The van der Waals surface area contributed by atoms with Gasteiger partial charge in [0.25, 0.3) is 0 Å². The number of carboxylic acid groups (broad SMARTS) is 1. The van der Waals surface area contributed by atoms with Gasteiger partial charge in [-0.05, 0) is 53.4 Å². The number of halogens is 5. The van der Waals surface area contributed by atoms with Crippen molar-refractivity contribution in [2.75, 3.05) is 44.4 Å². The molecule has 1 aliphatic heterocycles. The number of benzene rings is 4. The van der Waals surface area contributed by atoms with E-state index in [-0.39, 0.29) is 48.1 Å². The summed E-state index contributed by atoms with van der Waals surface area (Å²) in [5, 5.41) is 38.3. The van der Waals surface area contributed by atoms with Gasteiger partial charge in [0.05, 0.1) is 50.2 Å². The first-order valence-corrected chi connectivity index (χ1v) is 19.1. The third-order valence-electron chi connectivity index (χ3n) is 9.99. The molecule has 0 spiro atoms. The molecule has 0 saturated carbocycles. The molecule has 0 unspecified atom stereocenters. The Hall–Kier alpha value is -6.37. The zero-order valence-electron chi connectivity index (χ0n) is 33.1. The quantitative estimate of drug-likeness (QED) is 0.0679. The highest BCUT2D eigenvalue weighted by Gasteiger charge is 2.29. The minimum atomic E-state index is -5.19. The number of pyridine rings is 1. The Morgan fingerprint density at radius 1 is 0.918 bits per heavy atom. The molecule has 18 heteroatoms. The van der Waals surface area contributed by atoms with E-state index in [1.165, 1.54) is 24.3 Å². The van der Waals surface area contributed by atoms with Crippen LogP contribution in [0.4, 0.5) is 38.1 Å². The van der Waals surface area contributed by atoms with E-state index >= 15 is 8.78 Å². The summed E-state index contributed by atoms with van der Waals surface area (Å²) in [6, 6.07) is 22.5. The number of likely N-dealkylation sites (tertiary alicyclic amines) is 1. The zero-order valence-corrected chi connectivity index (χ0v) is 33.1. The minimum absolute atomic E-state index is 0.00874. The van der Waals surface area contributed by atoms with Crippen LogP contribution in [0.25, 0.3) is 22.0 Å². The molecule has 0 bridgehead atoms. The number of carbonyl (C=O) groups excluding carboxylic acids is 3. The van der Waals surface area contributed by atoms with Gasteiger partial charge < -0.3 is 45.0 Å². The molecule has 1 fully saturated rings. The maximum atomic E-state index is 15.1. The van der Waals surface area contributed by atoms with Crippen LogP contribution in [0.15, 0.2) is 89.7 Å².